The summed E-state index contributed by atoms with van der Waals surface area (Å²) in [7, 11) is 0. The van der Waals surface area contributed by atoms with E-state index in [2.05, 4.69) is 10.3 Å². The highest BCUT2D eigenvalue weighted by Crippen LogP contribution is 2.30. The van der Waals surface area contributed by atoms with Gasteiger partial charge in [0.05, 0.1) is 6.61 Å². The maximum Gasteiger partial charge on any atom is 0.303 e. The van der Waals surface area contributed by atoms with E-state index in [1.54, 1.807) is 17.5 Å². The first kappa shape index (κ1) is 19.3. The van der Waals surface area contributed by atoms with E-state index < -0.39 is 5.97 Å². The van der Waals surface area contributed by atoms with Crippen LogP contribution < -0.4 is 10.1 Å². The average Bonchev–Trinajstić information content (AvgIpc) is 3.35. The summed E-state index contributed by atoms with van der Waals surface area (Å²) in [6, 6.07) is 7.35. The van der Waals surface area contributed by atoms with Crippen molar-refractivity contribution >= 4 is 23.2 Å². The Bertz CT molecular complexity index is 769. The van der Waals surface area contributed by atoms with Crippen molar-refractivity contribution in [3.63, 3.8) is 0 Å². The van der Waals surface area contributed by atoms with Crippen LogP contribution in [-0.4, -0.2) is 35.2 Å². The molecule has 0 aliphatic carbocycles. The van der Waals surface area contributed by atoms with Gasteiger partial charge in [0, 0.05) is 25.0 Å². The van der Waals surface area contributed by atoms with Gasteiger partial charge in [-0.05, 0) is 37.0 Å². The molecule has 2 aromatic rings. The molecule has 1 fully saturated rings. The lowest BCUT2D eigenvalue weighted by molar-refractivity contribution is -0.137. The molecule has 27 heavy (non-hydrogen) atoms. The molecule has 0 radical (unpaired) electrons. The Labute approximate surface area is 161 Å². The van der Waals surface area contributed by atoms with Gasteiger partial charge in [-0.1, -0.05) is 12.1 Å². The third kappa shape index (κ3) is 5.77. The number of benzene rings is 1. The van der Waals surface area contributed by atoms with E-state index in [1.807, 2.05) is 12.1 Å². The van der Waals surface area contributed by atoms with Crippen LogP contribution in [0.4, 0.5) is 0 Å². The smallest absolute Gasteiger partial charge is 0.303 e. The Morgan fingerprint density at radius 3 is 2.85 bits per heavy atom. The highest BCUT2D eigenvalue weighted by Gasteiger charge is 2.22. The highest BCUT2D eigenvalue weighted by atomic mass is 32.1. The number of aliphatic carboxylic acids is 1. The first-order valence-electron chi connectivity index (χ1n) is 8.90. The molecule has 1 amide bonds. The van der Waals surface area contributed by atoms with Gasteiger partial charge >= 0.3 is 5.97 Å². The van der Waals surface area contributed by atoms with Crippen molar-refractivity contribution in [3.8, 4) is 5.75 Å². The van der Waals surface area contributed by atoms with Gasteiger partial charge in [0.25, 0.3) is 5.91 Å². The molecule has 1 aliphatic rings. The minimum absolute atomic E-state index is 0.0274. The van der Waals surface area contributed by atoms with Gasteiger partial charge in [-0.25, -0.2) is 4.98 Å². The molecule has 0 bridgehead atoms. The molecular weight excluding hydrogens is 368 g/mol. The fourth-order valence-corrected chi connectivity index (χ4v) is 3.58. The van der Waals surface area contributed by atoms with E-state index in [4.69, 9.17) is 14.6 Å². The van der Waals surface area contributed by atoms with E-state index >= 15 is 0 Å². The number of hydrogen-bond acceptors (Lipinski definition) is 6. The summed E-state index contributed by atoms with van der Waals surface area (Å²) in [6.07, 6.45) is 2.58. The summed E-state index contributed by atoms with van der Waals surface area (Å²) in [5.41, 5.74) is 1.36. The number of aromatic nitrogens is 1. The molecule has 1 atom stereocenters. The quantitative estimate of drug-likeness (QED) is 0.638. The third-order valence-electron chi connectivity index (χ3n) is 4.14. The number of thiazole rings is 1. The number of nitrogens with zero attached hydrogens (tertiary/aromatic N) is 1. The number of carbonyl (C=O) groups excluding carboxylic acids is 1. The lowest BCUT2D eigenvalue weighted by atomic mass is 10.2. The van der Waals surface area contributed by atoms with E-state index in [-0.39, 0.29) is 18.4 Å². The number of nitrogens with one attached hydrogen (secondary N) is 1. The summed E-state index contributed by atoms with van der Waals surface area (Å²) in [5.74, 6) is -0.353. The molecule has 1 aliphatic heterocycles. The molecule has 0 saturated carbocycles. The molecule has 1 unspecified atom stereocenters. The van der Waals surface area contributed by atoms with E-state index in [9.17, 15) is 9.59 Å². The second kappa shape index (κ2) is 9.48. The molecule has 1 aromatic heterocycles. The fraction of sp³-hybridized carbons (Fsp3) is 0.421. The Balaban J connectivity index is 1.44. The van der Waals surface area contributed by atoms with Crippen LogP contribution in [0.3, 0.4) is 0 Å². The minimum atomic E-state index is -0.826. The van der Waals surface area contributed by atoms with Crippen LogP contribution in [0, 0.1) is 0 Å². The molecule has 3 rings (SSSR count). The average molecular weight is 390 g/mol. The second-order valence-corrected chi connectivity index (χ2v) is 7.13. The Hall–Kier alpha value is -2.45. The molecule has 7 nitrogen and oxygen atoms in total. The lowest BCUT2D eigenvalue weighted by Crippen LogP contribution is -2.23. The van der Waals surface area contributed by atoms with Gasteiger partial charge in [-0.2, -0.15) is 0 Å². The van der Waals surface area contributed by atoms with E-state index in [0.717, 1.165) is 30.0 Å². The van der Waals surface area contributed by atoms with Crippen molar-refractivity contribution < 1.29 is 24.2 Å². The van der Waals surface area contributed by atoms with Gasteiger partial charge in [-0.15, -0.1) is 11.3 Å². The van der Waals surface area contributed by atoms with Gasteiger partial charge in [0.15, 0.2) is 0 Å². The summed E-state index contributed by atoms with van der Waals surface area (Å²) in [6.45, 7) is 1.51. The molecule has 0 spiro atoms. The third-order valence-corrected chi connectivity index (χ3v) is 5.08. The Kier molecular flexibility index (Phi) is 6.78. The first-order chi connectivity index (χ1) is 13.1. The van der Waals surface area contributed by atoms with Crippen LogP contribution in [0.25, 0.3) is 0 Å². The maximum absolute atomic E-state index is 12.3. The summed E-state index contributed by atoms with van der Waals surface area (Å²) in [5, 5.41) is 14.1. The molecule has 1 saturated heterocycles. The maximum atomic E-state index is 12.3. The topological polar surface area (TPSA) is 97.8 Å². The normalized spacial score (nSPS) is 16.2. The van der Waals surface area contributed by atoms with Gasteiger partial charge in [0.1, 0.15) is 22.6 Å². The van der Waals surface area contributed by atoms with Gasteiger partial charge in [0.2, 0.25) is 0 Å². The summed E-state index contributed by atoms with van der Waals surface area (Å²) in [4.78, 5) is 27.1. The Morgan fingerprint density at radius 2 is 2.15 bits per heavy atom. The summed E-state index contributed by atoms with van der Waals surface area (Å²) >= 11 is 1.46. The number of carboxylic acids is 1. The van der Waals surface area contributed by atoms with Crippen LogP contribution in [0.1, 0.15) is 52.8 Å². The molecule has 8 heteroatoms. The standard InChI is InChI=1S/C19H22N2O5S/c22-17(23)4-2-9-25-14-7-5-13(6-8-14)11-20-18(24)15-12-27-19(21-15)16-3-1-10-26-16/h5-8,12,16H,1-4,9-11H2,(H,20,24)(H,22,23). The summed E-state index contributed by atoms with van der Waals surface area (Å²) < 4.78 is 11.1. The zero-order chi connectivity index (χ0) is 19.1. The predicted molar refractivity (Wildman–Crippen MR) is 100 cm³/mol. The lowest BCUT2D eigenvalue weighted by Gasteiger charge is -2.07. The van der Waals surface area contributed by atoms with Crippen molar-refractivity contribution in [3.05, 3.63) is 45.9 Å². The molecule has 2 N–H and O–H groups in total. The monoisotopic (exact) mass is 390 g/mol. The van der Waals surface area contributed by atoms with Crippen LogP contribution in [0.15, 0.2) is 29.6 Å². The van der Waals surface area contributed by atoms with Crippen LogP contribution in [-0.2, 0) is 16.1 Å². The fourth-order valence-electron chi connectivity index (χ4n) is 2.70. The molecule has 2 heterocycles. The molecule has 1 aromatic carbocycles. The van der Waals surface area contributed by atoms with Crippen molar-refractivity contribution in [2.75, 3.05) is 13.2 Å². The van der Waals surface area contributed by atoms with Crippen molar-refractivity contribution in [1.29, 1.82) is 0 Å². The van der Waals surface area contributed by atoms with E-state index in [1.165, 1.54) is 11.3 Å². The number of amides is 1. The number of ether oxygens (including phenoxy) is 2. The second-order valence-electron chi connectivity index (χ2n) is 6.25. The van der Waals surface area contributed by atoms with Crippen LogP contribution in [0.5, 0.6) is 5.75 Å². The Morgan fingerprint density at radius 1 is 1.33 bits per heavy atom. The van der Waals surface area contributed by atoms with Crippen molar-refractivity contribution in [1.82, 2.24) is 10.3 Å². The minimum Gasteiger partial charge on any atom is -0.494 e. The van der Waals surface area contributed by atoms with E-state index in [0.29, 0.717) is 31.0 Å². The van der Waals surface area contributed by atoms with Crippen molar-refractivity contribution in [2.45, 2.75) is 38.3 Å². The van der Waals surface area contributed by atoms with Crippen molar-refractivity contribution in [2.24, 2.45) is 0 Å². The molecular formula is C19H22N2O5S. The molecule has 144 valence electrons. The van der Waals surface area contributed by atoms with Crippen LogP contribution in [0.2, 0.25) is 0 Å². The zero-order valence-corrected chi connectivity index (χ0v) is 15.7. The first-order valence-corrected chi connectivity index (χ1v) is 9.78. The zero-order valence-electron chi connectivity index (χ0n) is 14.8. The predicted octanol–water partition coefficient (Wildman–Crippen LogP) is 3.17. The highest BCUT2D eigenvalue weighted by molar-refractivity contribution is 7.09. The number of carbonyl (C=O) groups is 2. The number of rotatable bonds is 9. The van der Waals surface area contributed by atoms with Gasteiger partial charge < -0.3 is 19.9 Å². The number of hydrogen-bond donors (Lipinski definition) is 2. The SMILES string of the molecule is O=C(O)CCCOc1ccc(CNC(=O)c2csc(C3CCCO3)n2)cc1. The van der Waals surface area contributed by atoms with Gasteiger partial charge in [-0.3, -0.25) is 9.59 Å². The number of carboxylic acid groups (broad SMARTS) is 1. The van der Waals surface area contributed by atoms with Crippen LogP contribution >= 0.6 is 11.3 Å². The largest absolute Gasteiger partial charge is 0.494 e.